The largest absolute Gasteiger partial charge is 0.465 e. The summed E-state index contributed by atoms with van der Waals surface area (Å²) in [6, 6.07) is 9.95. The fourth-order valence-electron chi connectivity index (χ4n) is 2.51. The summed E-state index contributed by atoms with van der Waals surface area (Å²) in [5.74, 6) is 0. The third-order valence-corrected chi connectivity index (χ3v) is 3.63. The minimum absolute atomic E-state index is 0.498. The maximum Gasteiger partial charge on any atom is 0.407 e. The lowest BCUT2D eigenvalue weighted by atomic mass is 10.1. The van der Waals surface area contributed by atoms with Crippen molar-refractivity contribution in [3.05, 3.63) is 42.9 Å². The zero-order valence-electron chi connectivity index (χ0n) is 11.5. The zero-order chi connectivity index (χ0) is 14.7. The van der Waals surface area contributed by atoms with Crippen molar-refractivity contribution in [1.82, 2.24) is 14.9 Å². The lowest BCUT2D eigenvalue weighted by Crippen LogP contribution is -2.48. The molecule has 108 valence electrons. The van der Waals surface area contributed by atoms with Crippen molar-refractivity contribution in [2.75, 3.05) is 31.1 Å². The molecule has 1 fully saturated rings. The van der Waals surface area contributed by atoms with Crippen molar-refractivity contribution < 1.29 is 9.90 Å². The van der Waals surface area contributed by atoms with E-state index in [-0.39, 0.29) is 0 Å². The van der Waals surface area contributed by atoms with Crippen molar-refractivity contribution >= 4 is 11.8 Å². The van der Waals surface area contributed by atoms with E-state index in [4.69, 9.17) is 5.11 Å². The minimum atomic E-state index is -0.859. The van der Waals surface area contributed by atoms with Gasteiger partial charge in [-0.15, -0.1) is 0 Å². The van der Waals surface area contributed by atoms with Crippen LogP contribution in [0, 0.1) is 0 Å². The van der Waals surface area contributed by atoms with Crippen molar-refractivity contribution in [1.29, 1.82) is 0 Å². The standard InChI is InChI=1S/C15H16N4O2/c20-15(21)19-8-6-18(7-9-19)13-10-16-11-17-14(13)12-4-2-1-3-5-12/h1-5,10-11H,6-9H2,(H,20,21). The van der Waals surface area contributed by atoms with E-state index in [1.54, 1.807) is 12.5 Å². The Hall–Kier alpha value is -2.63. The number of hydrogen-bond acceptors (Lipinski definition) is 4. The molecule has 1 N–H and O–H groups in total. The predicted octanol–water partition coefficient (Wildman–Crippen LogP) is 1.94. The van der Waals surface area contributed by atoms with Crippen molar-refractivity contribution in [2.45, 2.75) is 0 Å². The average Bonchev–Trinajstić information content (AvgIpc) is 2.56. The van der Waals surface area contributed by atoms with Gasteiger partial charge in [-0.3, -0.25) is 0 Å². The Kier molecular flexibility index (Phi) is 3.68. The smallest absolute Gasteiger partial charge is 0.407 e. The molecule has 6 nitrogen and oxygen atoms in total. The molecule has 0 radical (unpaired) electrons. The van der Waals surface area contributed by atoms with Crippen LogP contribution >= 0.6 is 0 Å². The normalized spacial score (nSPS) is 15.0. The van der Waals surface area contributed by atoms with E-state index >= 15 is 0 Å². The van der Waals surface area contributed by atoms with Gasteiger partial charge in [-0.2, -0.15) is 0 Å². The summed E-state index contributed by atoms with van der Waals surface area (Å²) >= 11 is 0. The van der Waals surface area contributed by atoms with Crippen LogP contribution in [0.15, 0.2) is 42.9 Å². The number of piperazine rings is 1. The monoisotopic (exact) mass is 284 g/mol. The van der Waals surface area contributed by atoms with Crippen molar-refractivity contribution in [3.8, 4) is 11.3 Å². The minimum Gasteiger partial charge on any atom is -0.465 e. The van der Waals surface area contributed by atoms with Gasteiger partial charge < -0.3 is 14.9 Å². The Labute approximate surface area is 122 Å². The van der Waals surface area contributed by atoms with E-state index in [1.165, 1.54) is 4.90 Å². The number of hydrogen-bond donors (Lipinski definition) is 1. The first kappa shape index (κ1) is 13.4. The highest BCUT2D eigenvalue weighted by Crippen LogP contribution is 2.28. The van der Waals surface area contributed by atoms with Gasteiger partial charge in [0.05, 0.1) is 17.6 Å². The predicted molar refractivity (Wildman–Crippen MR) is 79.3 cm³/mol. The first-order valence-corrected chi connectivity index (χ1v) is 6.84. The lowest BCUT2D eigenvalue weighted by molar-refractivity contribution is 0.142. The first-order chi connectivity index (χ1) is 10.3. The third kappa shape index (κ3) is 2.79. The summed E-state index contributed by atoms with van der Waals surface area (Å²) < 4.78 is 0. The molecule has 0 spiro atoms. The molecular formula is C15H16N4O2. The Morgan fingerprint density at radius 1 is 1.10 bits per heavy atom. The molecule has 1 aromatic carbocycles. The fourth-order valence-corrected chi connectivity index (χ4v) is 2.51. The van der Waals surface area contributed by atoms with E-state index in [0.29, 0.717) is 26.2 Å². The summed E-state index contributed by atoms with van der Waals surface area (Å²) in [6.45, 7) is 2.30. The van der Waals surface area contributed by atoms with E-state index < -0.39 is 6.09 Å². The Morgan fingerprint density at radius 3 is 2.48 bits per heavy atom. The van der Waals surface area contributed by atoms with Gasteiger partial charge in [0.15, 0.2) is 0 Å². The molecule has 2 aromatic rings. The molecule has 1 aliphatic heterocycles. The molecule has 2 heterocycles. The molecule has 0 aliphatic carbocycles. The first-order valence-electron chi connectivity index (χ1n) is 6.84. The van der Waals surface area contributed by atoms with Crippen LogP contribution < -0.4 is 4.90 Å². The maximum atomic E-state index is 11.0. The summed E-state index contributed by atoms with van der Waals surface area (Å²) in [5, 5.41) is 9.01. The van der Waals surface area contributed by atoms with E-state index in [9.17, 15) is 4.79 Å². The zero-order valence-corrected chi connectivity index (χ0v) is 11.5. The van der Waals surface area contributed by atoms with Crippen LogP contribution in [-0.4, -0.2) is 52.2 Å². The van der Waals surface area contributed by atoms with Gasteiger partial charge in [0, 0.05) is 31.7 Å². The number of aromatic nitrogens is 2. The topological polar surface area (TPSA) is 69.6 Å². The molecule has 1 amide bonds. The molecule has 1 saturated heterocycles. The average molecular weight is 284 g/mol. The second-order valence-electron chi connectivity index (χ2n) is 4.88. The second-order valence-corrected chi connectivity index (χ2v) is 4.88. The molecule has 1 aliphatic rings. The Balaban J connectivity index is 1.85. The summed E-state index contributed by atoms with van der Waals surface area (Å²) in [7, 11) is 0. The van der Waals surface area contributed by atoms with E-state index in [0.717, 1.165) is 16.9 Å². The van der Waals surface area contributed by atoms with Crippen LogP contribution in [0.3, 0.4) is 0 Å². The van der Waals surface area contributed by atoms with Crippen LogP contribution in [-0.2, 0) is 0 Å². The third-order valence-electron chi connectivity index (χ3n) is 3.63. The summed E-state index contributed by atoms with van der Waals surface area (Å²) in [4.78, 5) is 23.1. The molecule has 21 heavy (non-hydrogen) atoms. The number of carboxylic acid groups (broad SMARTS) is 1. The molecule has 3 rings (SSSR count). The van der Waals surface area contributed by atoms with Crippen LogP contribution in [0.2, 0.25) is 0 Å². The number of amides is 1. The maximum absolute atomic E-state index is 11.0. The van der Waals surface area contributed by atoms with Crippen LogP contribution in [0.4, 0.5) is 10.5 Å². The van der Waals surface area contributed by atoms with Crippen LogP contribution in [0.25, 0.3) is 11.3 Å². The highest BCUT2D eigenvalue weighted by atomic mass is 16.4. The molecule has 6 heteroatoms. The molecule has 1 aromatic heterocycles. The van der Waals surface area contributed by atoms with Crippen LogP contribution in [0.5, 0.6) is 0 Å². The SMILES string of the molecule is O=C(O)N1CCN(c2cncnc2-c2ccccc2)CC1. The second kappa shape index (κ2) is 5.78. The lowest BCUT2D eigenvalue weighted by Gasteiger charge is -2.35. The van der Waals surface area contributed by atoms with E-state index in [2.05, 4.69) is 14.9 Å². The van der Waals surface area contributed by atoms with Crippen LogP contribution in [0.1, 0.15) is 0 Å². The van der Waals surface area contributed by atoms with Gasteiger partial charge in [0.1, 0.15) is 6.33 Å². The van der Waals surface area contributed by atoms with Gasteiger partial charge in [0.2, 0.25) is 0 Å². The van der Waals surface area contributed by atoms with Gasteiger partial charge in [-0.25, -0.2) is 14.8 Å². The molecule has 0 bridgehead atoms. The highest BCUT2D eigenvalue weighted by Gasteiger charge is 2.22. The summed E-state index contributed by atoms with van der Waals surface area (Å²) in [5.41, 5.74) is 2.87. The molecule has 0 unspecified atom stereocenters. The van der Waals surface area contributed by atoms with Crippen molar-refractivity contribution in [3.63, 3.8) is 0 Å². The number of carbonyl (C=O) groups is 1. The number of rotatable bonds is 2. The fraction of sp³-hybridized carbons (Fsp3) is 0.267. The van der Waals surface area contributed by atoms with Gasteiger partial charge in [-0.05, 0) is 0 Å². The van der Waals surface area contributed by atoms with Gasteiger partial charge in [0.25, 0.3) is 0 Å². The summed E-state index contributed by atoms with van der Waals surface area (Å²) in [6.07, 6.45) is 2.48. The highest BCUT2D eigenvalue weighted by molar-refractivity contribution is 5.74. The van der Waals surface area contributed by atoms with Crippen molar-refractivity contribution in [2.24, 2.45) is 0 Å². The van der Waals surface area contributed by atoms with Gasteiger partial charge in [-0.1, -0.05) is 30.3 Å². The Morgan fingerprint density at radius 2 is 1.81 bits per heavy atom. The number of nitrogens with zero attached hydrogens (tertiary/aromatic N) is 4. The van der Waals surface area contributed by atoms with Gasteiger partial charge >= 0.3 is 6.09 Å². The number of anilines is 1. The quantitative estimate of drug-likeness (QED) is 0.912. The molecule has 0 saturated carbocycles. The number of benzene rings is 1. The van der Waals surface area contributed by atoms with E-state index in [1.807, 2.05) is 30.3 Å². The Bertz CT molecular complexity index is 625. The molecule has 0 atom stereocenters. The molecular weight excluding hydrogens is 268 g/mol.